The number of phenolic OH excluding ortho intramolecular Hbond substituents is 1. The molecule has 0 amide bonds. The SMILES string of the molecule is Oc1ccc(Cl)cc1[C@@H]1CC(c2cccc(Br)c2)=N[C@@H](c2ccc(Br)cc2)N1. The van der Waals surface area contributed by atoms with Crippen LogP contribution in [0.5, 0.6) is 5.75 Å². The second-order valence-electron chi connectivity index (χ2n) is 6.67. The summed E-state index contributed by atoms with van der Waals surface area (Å²) in [6, 6.07) is 21.3. The van der Waals surface area contributed by atoms with Gasteiger partial charge in [0, 0.05) is 37.7 Å². The molecule has 0 unspecified atom stereocenters. The summed E-state index contributed by atoms with van der Waals surface area (Å²) in [5.74, 6) is 0.229. The van der Waals surface area contributed by atoms with Crippen molar-refractivity contribution < 1.29 is 5.11 Å². The van der Waals surface area contributed by atoms with Crippen LogP contribution in [0.3, 0.4) is 0 Å². The average molecular weight is 521 g/mol. The monoisotopic (exact) mass is 518 g/mol. The fourth-order valence-electron chi connectivity index (χ4n) is 3.37. The number of halogens is 3. The number of aliphatic imine (C=N–C) groups is 1. The van der Waals surface area contributed by atoms with Crippen LogP contribution in [0.1, 0.15) is 35.3 Å². The summed E-state index contributed by atoms with van der Waals surface area (Å²) < 4.78 is 2.03. The minimum atomic E-state index is -0.223. The molecule has 142 valence electrons. The Balaban J connectivity index is 1.77. The van der Waals surface area contributed by atoms with Crippen molar-refractivity contribution in [3.8, 4) is 5.75 Å². The summed E-state index contributed by atoms with van der Waals surface area (Å²) in [6.07, 6.45) is 0.427. The lowest BCUT2D eigenvalue weighted by Crippen LogP contribution is -2.33. The fraction of sp³-hybridized carbons (Fsp3) is 0.136. The summed E-state index contributed by atoms with van der Waals surface area (Å²) in [7, 11) is 0. The summed E-state index contributed by atoms with van der Waals surface area (Å²) in [6.45, 7) is 0. The van der Waals surface area contributed by atoms with E-state index < -0.39 is 0 Å². The Morgan fingerprint density at radius 2 is 1.75 bits per heavy atom. The first-order valence-electron chi connectivity index (χ1n) is 8.82. The quantitative estimate of drug-likeness (QED) is 0.399. The first-order valence-corrected chi connectivity index (χ1v) is 10.8. The van der Waals surface area contributed by atoms with Crippen molar-refractivity contribution in [2.45, 2.75) is 18.6 Å². The zero-order valence-electron chi connectivity index (χ0n) is 14.7. The molecule has 1 aliphatic heterocycles. The zero-order chi connectivity index (χ0) is 19.7. The van der Waals surface area contributed by atoms with Crippen LogP contribution in [0.2, 0.25) is 5.02 Å². The van der Waals surface area contributed by atoms with Gasteiger partial charge >= 0.3 is 0 Å². The highest BCUT2D eigenvalue weighted by Gasteiger charge is 2.28. The molecule has 3 aromatic carbocycles. The van der Waals surface area contributed by atoms with Crippen molar-refractivity contribution in [1.29, 1.82) is 0 Å². The van der Waals surface area contributed by atoms with Crippen LogP contribution in [-0.2, 0) is 0 Å². The highest BCUT2D eigenvalue weighted by molar-refractivity contribution is 9.10. The lowest BCUT2D eigenvalue weighted by atomic mass is 9.93. The Kier molecular flexibility index (Phi) is 5.88. The van der Waals surface area contributed by atoms with Crippen LogP contribution < -0.4 is 5.32 Å². The number of nitrogens with one attached hydrogen (secondary N) is 1. The largest absolute Gasteiger partial charge is 0.508 e. The lowest BCUT2D eigenvalue weighted by molar-refractivity contribution is 0.412. The molecule has 0 saturated heterocycles. The van der Waals surface area contributed by atoms with Crippen LogP contribution in [0.4, 0.5) is 0 Å². The summed E-state index contributed by atoms with van der Waals surface area (Å²) in [5.41, 5.74) is 3.88. The number of aromatic hydroxyl groups is 1. The highest BCUT2D eigenvalue weighted by atomic mass is 79.9. The van der Waals surface area contributed by atoms with E-state index >= 15 is 0 Å². The van der Waals surface area contributed by atoms with Gasteiger partial charge in [-0.3, -0.25) is 10.3 Å². The van der Waals surface area contributed by atoms with Crippen molar-refractivity contribution in [3.05, 3.63) is 97.4 Å². The molecule has 0 radical (unpaired) electrons. The van der Waals surface area contributed by atoms with Gasteiger partial charge in [0.1, 0.15) is 11.9 Å². The van der Waals surface area contributed by atoms with Crippen LogP contribution >= 0.6 is 43.5 Å². The standard InChI is InChI=1S/C22H17Br2ClN2O/c23-15-6-4-13(5-7-15)22-26-19(14-2-1-3-16(24)10-14)12-20(27-22)18-11-17(25)8-9-21(18)28/h1-11,20,22,27-28H,12H2/t20-,22+/m0/s1. The molecule has 1 heterocycles. The third-order valence-electron chi connectivity index (χ3n) is 4.75. The fourth-order valence-corrected chi connectivity index (χ4v) is 4.21. The van der Waals surface area contributed by atoms with Crippen molar-refractivity contribution in [1.82, 2.24) is 5.32 Å². The van der Waals surface area contributed by atoms with E-state index in [1.54, 1.807) is 12.1 Å². The molecule has 28 heavy (non-hydrogen) atoms. The van der Waals surface area contributed by atoms with Gasteiger partial charge in [0.25, 0.3) is 0 Å². The number of hydrogen-bond acceptors (Lipinski definition) is 3. The minimum Gasteiger partial charge on any atom is -0.508 e. The maximum atomic E-state index is 10.4. The van der Waals surface area contributed by atoms with Gasteiger partial charge in [-0.05, 0) is 53.6 Å². The van der Waals surface area contributed by atoms with Crippen molar-refractivity contribution in [3.63, 3.8) is 0 Å². The highest BCUT2D eigenvalue weighted by Crippen LogP contribution is 2.36. The average Bonchev–Trinajstić information content (AvgIpc) is 2.70. The molecule has 2 N–H and O–H groups in total. The predicted octanol–water partition coefficient (Wildman–Crippen LogP) is 6.79. The Morgan fingerprint density at radius 1 is 0.964 bits per heavy atom. The minimum absolute atomic E-state index is 0.112. The van der Waals surface area contributed by atoms with Gasteiger partial charge in [-0.25, -0.2) is 0 Å². The summed E-state index contributed by atoms with van der Waals surface area (Å²) in [4.78, 5) is 4.98. The molecule has 0 aromatic heterocycles. The van der Waals surface area contributed by atoms with Gasteiger partial charge in [0.15, 0.2) is 0 Å². The second-order valence-corrected chi connectivity index (χ2v) is 8.93. The third kappa shape index (κ3) is 4.33. The number of nitrogens with zero attached hydrogens (tertiary/aromatic N) is 1. The molecule has 2 atom stereocenters. The molecule has 6 heteroatoms. The van der Waals surface area contributed by atoms with Crippen molar-refractivity contribution >= 4 is 49.2 Å². The van der Waals surface area contributed by atoms with Gasteiger partial charge in [0.05, 0.1) is 0 Å². The molecular weight excluding hydrogens is 504 g/mol. The zero-order valence-corrected chi connectivity index (χ0v) is 18.7. The molecular formula is C22H17Br2ClN2O. The molecule has 4 rings (SSSR count). The summed E-state index contributed by atoms with van der Waals surface area (Å²) in [5, 5.41) is 14.6. The molecule has 0 bridgehead atoms. The first-order chi connectivity index (χ1) is 13.5. The van der Waals surface area contributed by atoms with Gasteiger partial charge in [-0.15, -0.1) is 0 Å². The Morgan fingerprint density at radius 3 is 2.50 bits per heavy atom. The number of hydrogen-bond donors (Lipinski definition) is 2. The van der Waals surface area contributed by atoms with Gasteiger partial charge in [0.2, 0.25) is 0 Å². The second kappa shape index (κ2) is 8.37. The number of rotatable bonds is 3. The smallest absolute Gasteiger partial charge is 0.126 e. The van der Waals surface area contributed by atoms with E-state index in [1.807, 2.05) is 42.5 Å². The Labute approximate surface area is 185 Å². The van der Waals surface area contributed by atoms with E-state index in [4.69, 9.17) is 16.6 Å². The molecule has 0 aliphatic carbocycles. The Hall–Kier alpha value is -1.66. The molecule has 0 fully saturated rings. The Bertz CT molecular complexity index is 1040. The van der Waals surface area contributed by atoms with Gasteiger partial charge < -0.3 is 5.11 Å². The molecule has 3 nitrogen and oxygen atoms in total. The van der Waals surface area contributed by atoms with Crippen LogP contribution in [0, 0.1) is 0 Å². The number of benzene rings is 3. The number of phenols is 1. The van der Waals surface area contributed by atoms with Crippen LogP contribution in [0.15, 0.2) is 80.7 Å². The summed E-state index contributed by atoms with van der Waals surface area (Å²) >= 11 is 13.2. The maximum Gasteiger partial charge on any atom is 0.126 e. The lowest BCUT2D eigenvalue weighted by Gasteiger charge is -2.31. The van der Waals surface area contributed by atoms with E-state index in [9.17, 15) is 5.11 Å². The normalized spacial score (nSPS) is 19.3. The van der Waals surface area contributed by atoms with E-state index in [2.05, 4.69) is 49.3 Å². The molecule has 1 aliphatic rings. The molecule has 0 saturated carbocycles. The third-order valence-corrected chi connectivity index (χ3v) is 6.01. The first kappa shape index (κ1) is 19.6. The molecule has 3 aromatic rings. The van der Waals surface area contributed by atoms with Gasteiger partial charge in [-0.2, -0.15) is 0 Å². The predicted molar refractivity (Wildman–Crippen MR) is 121 cm³/mol. The van der Waals surface area contributed by atoms with Crippen LogP contribution in [0.25, 0.3) is 0 Å². The van der Waals surface area contributed by atoms with E-state index in [-0.39, 0.29) is 18.0 Å². The van der Waals surface area contributed by atoms with Crippen molar-refractivity contribution in [2.24, 2.45) is 4.99 Å². The van der Waals surface area contributed by atoms with E-state index in [0.717, 1.165) is 31.3 Å². The topological polar surface area (TPSA) is 44.6 Å². The van der Waals surface area contributed by atoms with Crippen LogP contribution in [-0.4, -0.2) is 10.8 Å². The van der Waals surface area contributed by atoms with Crippen molar-refractivity contribution in [2.75, 3.05) is 0 Å². The molecule has 0 spiro atoms. The van der Waals surface area contributed by atoms with Gasteiger partial charge in [-0.1, -0.05) is 67.7 Å². The maximum absolute atomic E-state index is 10.4. The van der Waals surface area contributed by atoms with E-state index in [1.165, 1.54) is 0 Å². The van der Waals surface area contributed by atoms with E-state index in [0.29, 0.717) is 11.4 Å².